The van der Waals surface area contributed by atoms with E-state index in [0.717, 1.165) is 5.56 Å². The number of nitro groups is 1. The lowest BCUT2D eigenvalue weighted by Gasteiger charge is -2.18. The highest BCUT2D eigenvalue weighted by Gasteiger charge is 2.12. The molecule has 0 spiro atoms. The second kappa shape index (κ2) is 8.37. The molecular weight excluding hydrogens is 315 g/mol. The first-order chi connectivity index (χ1) is 11.5. The smallest absolute Gasteiger partial charge is 0.269 e. The minimum Gasteiger partial charge on any atom is -0.491 e. The zero-order chi connectivity index (χ0) is 17.5. The highest BCUT2D eigenvalue weighted by atomic mass is 19.1. The van der Waals surface area contributed by atoms with Crippen LogP contribution in [0.4, 0.5) is 10.1 Å². The fourth-order valence-corrected chi connectivity index (χ4v) is 2.12. The number of nitro benzene ring substituents is 1. The molecule has 128 valence electrons. The molecular formula is C17H19FN2O4. The van der Waals surface area contributed by atoms with E-state index in [0.29, 0.717) is 5.75 Å². The quantitative estimate of drug-likeness (QED) is 0.573. The molecule has 0 aliphatic rings. The van der Waals surface area contributed by atoms with Gasteiger partial charge in [-0.1, -0.05) is 12.1 Å². The molecule has 6 nitrogen and oxygen atoms in total. The first-order valence-electron chi connectivity index (χ1n) is 7.50. The van der Waals surface area contributed by atoms with Gasteiger partial charge in [0, 0.05) is 24.7 Å². The van der Waals surface area contributed by atoms with Crippen LogP contribution in [-0.2, 0) is 0 Å². The van der Waals surface area contributed by atoms with Crippen LogP contribution in [0.25, 0.3) is 0 Å². The van der Waals surface area contributed by atoms with E-state index in [1.165, 1.54) is 36.4 Å². The number of halogens is 1. The number of hydrogen-bond acceptors (Lipinski definition) is 5. The molecule has 2 aromatic carbocycles. The minimum absolute atomic E-state index is 0.0290. The van der Waals surface area contributed by atoms with Crippen LogP contribution in [0, 0.1) is 15.9 Å². The van der Waals surface area contributed by atoms with Crippen molar-refractivity contribution < 1.29 is 19.2 Å². The van der Waals surface area contributed by atoms with Crippen molar-refractivity contribution in [3.8, 4) is 5.75 Å². The number of nitrogens with one attached hydrogen (secondary N) is 1. The fraction of sp³-hybridized carbons (Fsp3) is 0.294. The molecule has 0 aromatic heterocycles. The largest absolute Gasteiger partial charge is 0.491 e. The van der Waals surface area contributed by atoms with E-state index in [-0.39, 0.29) is 30.7 Å². The Kier molecular flexibility index (Phi) is 6.22. The molecule has 24 heavy (non-hydrogen) atoms. The first-order valence-corrected chi connectivity index (χ1v) is 7.50. The number of hydrogen-bond donors (Lipinski definition) is 2. The van der Waals surface area contributed by atoms with Gasteiger partial charge in [-0.25, -0.2) is 4.39 Å². The molecule has 2 unspecified atom stereocenters. The number of aliphatic hydroxyl groups excluding tert-OH is 1. The average Bonchev–Trinajstić information content (AvgIpc) is 2.59. The Bertz CT molecular complexity index is 679. The summed E-state index contributed by atoms with van der Waals surface area (Å²) in [5.41, 5.74) is 0.789. The van der Waals surface area contributed by atoms with Crippen LogP contribution >= 0.6 is 0 Å². The molecule has 0 saturated heterocycles. The van der Waals surface area contributed by atoms with Gasteiger partial charge in [-0.2, -0.15) is 0 Å². The summed E-state index contributed by atoms with van der Waals surface area (Å²) in [6.07, 6.45) is -0.767. The van der Waals surface area contributed by atoms with Crippen molar-refractivity contribution in [3.63, 3.8) is 0 Å². The monoisotopic (exact) mass is 334 g/mol. The molecule has 0 fully saturated rings. The van der Waals surface area contributed by atoms with Crippen molar-refractivity contribution in [1.82, 2.24) is 5.32 Å². The van der Waals surface area contributed by atoms with E-state index in [9.17, 15) is 19.6 Å². The van der Waals surface area contributed by atoms with E-state index in [4.69, 9.17) is 4.74 Å². The van der Waals surface area contributed by atoms with Gasteiger partial charge < -0.3 is 15.2 Å². The van der Waals surface area contributed by atoms with Crippen LogP contribution in [0.5, 0.6) is 5.75 Å². The summed E-state index contributed by atoms with van der Waals surface area (Å²) >= 11 is 0. The van der Waals surface area contributed by atoms with Crippen molar-refractivity contribution in [2.45, 2.75) is 19.1 Å². The normalized spacial score (nSPS) is 13.3. The fourth-order valence-electron chi connectivity index (χ4n) is 2.12. The third kappa shape index (κ3) is 5.29. The van der Waals surface area contributed by atoms with E-state index < -0.39 is 11.0 Å². The van der Waals surface area contributed by atoms with Crippen molar-refractivity contribution in [1.29, 1.82) is 0 Å². The molecule has 0 amide bonds. The van der Waals surface area contributed by atoms with E-state index in [1.807, 2.05) is 6.92 Å². The minimum atomic E-state index is -0.767. The van der Waals surface area contributed by atoms with Crippen LogP contribution in [0.2, 0.25) is 0 Å². The van der Waals surface area contributed by atoms with Gasteiger partial charge in [0.1, 0.15) is 24.3 Å². The lowest BCUT2D eigenvalue weighted by Crippen LogP contribution is -2.33. The maximum atomic E-state index is 12.8. The predicted molar refractivity (Wildman–Crippen MR) is 87.4 cm³/mol. The van der Waals surface area contributed by atoms with Gasteiger partial charge in [0.2, 0.25) is 0 Å². The van der Waals surface area contributed by atoms with Gasteiger partial charge in [0.15, 0.2) is 0 Å². The Balaban J connectivity index is 1.80. The topological polar surface area (TPSA) is 84.6 Å². The summed E-state index contributed by atoms with van der Waals surface area (Å²) in [5.74, 6) is 0.123. The van der Waals surface area contributed by atoms with Gasteiger partial charge in [-0.15, -0.1) is 0 Å². The Morgan fingerprint density at radius 3 is 2.67 bits per heavy atom. The lowest BCUT2D eigenvalue weighted by molar-refractivity contribution is -0.384. The second-order valence-corrected chi connectivity index (χ2v) is 5.40. The molecule has 0 bridgehead atoms. The summed E-state index contributed by atoms with van der Waals surface area (Å²) < 4.78 is 18.1. The molecule has 0 aliphatic carbocycles. The van der Waals surface area contributed by atoms with Gasteiger partial charge in [0.05, 0.1) is 4.92 Å². The number of benzene rings is 2. The summed E-state index contributed by atoms with van der Waals surface area (Å²) in [5, 5.41) is 23.8. The second-order valence-electron chi connectivity index (χ2n) is 5.40. The van der Waals surface area contributed by atoms with Crippen molar-refractivity contribution in [3.05, 3.63) is 70.0 Å². The zero-order valence-corrected chi connectivity index (χ0v) is 13.2. The summed E-state index contributed by atoms with van der Waals surface area (Å²) in [7, 11) is 0. The van der Waals surface area contributed by atoms with Gasteiger partial charge >= 0.3 is 0 Å². The van der Waals surface area contributed by atoms with Gasteiger partial charge in [-0.05, 0) is 36.8 Å². The van der Waals surface area contributed by atoms with Crippen LogP contribution in [0.15, 0.2) is 48.5 Å². The number of non-ortho nitro benzene ring substituents is 1. The van der Waals surface area contributed by atoms with Crippen LogP contribution in [0.1, 0.15) is 18.5 Å². The van der Waals surface area contributed by atoms with E-state index in [1.54, 1.807) is 12.1 Å². The van der Waals surface area contributed by atoms with Crippen molar-refractivity contribution >= 4 is 5.69 Å². The number of rotatable bonds is 8. The van der Waals surface area contributed by atoms with Crippen LogP contribution in [0.3, 0.4) is 0 Å². The SMILES string of the molecule is CC(NCC(O)COc1ccc(F)cc1)c1cccc([N+](=O)[O-])c1. The van der Waals surface area contributed by atoms with Crippen molar-refractivity contribution in [2.24, 2.45) is 0 Å². The predicted octanol–water partition coefficient (Wildman–Crippen LogP) is 2.82. The molecule has 7 heteroatoms. The molecule has 0 radical (unpaired) electrons. The Morgan fingerprint density at radius 1 is 1.29 bits per heavy atom. The highest BCUT2D eigenvalue weighted by molar-refractivity contribution is 5.35. The van der Waals surface area contributed by atoms with E-state index >= 15 is 0 Å². The van der Waals surface area contributed by atoms with Crippen LogP contribution in [-0.4, -0.2) is 29.3 Å². The zero-order valence-electron chi connectivity index (χ0n) is 13.2. The van der Waals surface area contributed by atoms with Crippen LogP contribution < -0.4 is 10.1 Å². The summed E-state index contributed by atoms with van der Waals surface area (Å²) in [4.78, 5) is 10.3. The summed E-state index contributed by atoms with van der Waals surface area (Å²) in [6, 6.07) is 11.7. The molecule has 2 aromatic rings. The molecule has 0 heterocycles. The van der Waals surface area contributed by atoms with Gasteiger partial charge in [-0.3, -0.25) is 10.1 Å². The highest BCUT2D eigenvalue weighted by Crippen LogP contribution is 2.19. The number of aliphatic hydroxyl groups is 1. The molecule has 0 saturated carbocycles. The Labute approximate surface area is 139 Å². The average molecular weight is 334 g/mol. The molecule has 2 rings (SSSR count). The third-order valence-corrected chi connectivity index (χ3v) is 3.50. The molecule has 2 atom stereocenters. The molecule has 0 aliphatic heterocycles. The number of ether oxygens (including phenoxy) is 1. The maximum absolute atomic E-state index is 12.8. The standard InChI is InChI=1S/C17H19FN2O4/c1-12(13-3-2-4-15(9-13)20(22)23)19-10-16(21)11-24-17-7-5-14(18)6-8-17/h2-9,12,16,19,21H,10-11H2,1H3. The van der Waals surface area contributed by atoms with Gasteiger partial charge in [0.25, 0.3) is 5.69 Å². The molecule has 2 N–H and O–H groups in total. The summed E-state index contributed by atoms with van der Waals surface area (Å²) in [6.45, 7) is 2.16. The van der Waals surface area contributed by atoms with E-state index in [2.05, 4.69) is 5.32 Å². The third-order valence-electron chi connectivity index (χ3n) is 3.50. The number of nitrogens with zero attached hydrogens (tertiary/aromatic N) is 1. The Morgan fingerprint density at radius 2 is 2.00 bits per heavy atom. The maximum Gasteiger partial charge on any atom is 0.269 e. The lowest BCUT2D eigenvalue weighted by atomic mass is 10.1. The van der Waals surface area contributed by atoms with Crippen molar-refractivity contribution in [2.75, 3.05) is 13.2 Å². The first kappa shape index (κ1) is 17.8. The Hall–Kier alpha value is -2.51.